The van der Waals surface area contributed by atoms with Crippen LogP contribution in [0.3, 0.4) is 0 Å². The molecule has 0 amide bonds. The van der Waals surface area contributed by atoms with Crippen molar-refractivity contribution < 1.29 is 4.74 Å². The molecule has 0 bridgehead atoms. The van der Waals surface area contributed by atoms with E-state index in [1.165, 1.54) is 45.2 Å². The number of rotatable bonds is 9. The van der Waals surface area contributed by atoms with E-state index in [0.29, 0.717) is 6.10 Å². The third-order valence-electron chi connectivity index (χ3n) is 3.18. The first-order valence-electron chi connectivity index (χ1n) is 6.83. The maximum atomic E-state index is 5.63. The number of ether oxygens (including phenoxy) is 1. The van der Waals surface area contributed by atoms with Crippen LogP contribution < -0.4 is 5.32 Å². The number of likely N-dealkylation sites (N-methyl/N-ethyl adjacent to an activating group) is 1. The van der Waals surface area contributed by atoms with Crippen LogP contribution >= 0.6 is 0 Å². The second kappa shape index (κ2) is 8.97. The topological polar surface area (TPSA) is 24.5 Å². The maximum Gasteiger partial charge on any atom is 0.0702 e. The SMILES string of the molecule is CCNCCCCCN(C)CC1CCCO1. The molecule has 1 unspecified atom stereocenters. The van der Waals surface area contributed by atoms with E-state index < -0.39 is 0 Å². The molecule has 1 N–H and O–H groups in total. The van der Waals surface area contributed by atoms with Gasteiger partial charge in [0.25, 0.3) is 0 Å². The Morgan fingerprint density at radius 1 is 1.31 bits per heavy atom. The zero-order chi connectivity index (χ0) is 11.6. The van der Waals surface area contributed by atoms with Gasteiger partial charge in [-0.25, -0.2) is 0 Å². The zero-order valence-electron chi connectivity index (χ0n) is 11.0. The Kier molecular flexibility index (Phi) is 7.81. The average Bonchev–Trinajstić information content (AvgIpc) is 2.76. The minimum absolute atomic E-state index is 0.506. The van der Waals surface area contributed by atoms with Gasteiger partial charge in [0.05, 0.1) is 6.10 Å². The summed E-state index contributed by atoms with van der Waals surface area (Å²) in [5.41, 5.74) is 0. The fourth-order valence-corrected chi connectivity index (χ4v) is 2.21. The molecule has 0 saturated carbocycles. The van der Waals surface area contributed by atoms with Crippen molar-refractivity contribution in [1.29, 1.82) is 0 Å². The smallest absolute Gasteiger partial charge is 0.0702 e. The molecule has 0 aromatic heterocycles. The molecule has 0 aromatic rings. The summed E-state index contributed by atoms with van der Waals surface area (Å²) in [6.07, 6.45) is 6.97. The highest BCUT2D eigenvalue weighted by Crippen LogP contribution is 2.12. The predicted molar refractivity (Wildman–Crippen MR) is 68.9 cm³/mol. The minimum Gasteiger partial charge on any atom is -0.377 e. The van der Waals surface area contributed by atoms with E-state index in [1.54, 1.807) is 0 Å². The van der Waals surface area contributed by atoms with Crippen molar-refractivity contribution in [2.45, 2.75) is 45.1 Å². The van der Waals surface area contributed by atoms with Gasteiger partial charge in [-0.05, 0) is 52.4 Å². The molecule has 1 atom stereocenters. The summed E-state index contributed by atoms with van der Waals surface area (Å²) < 4.78 is 5.63. The van der Waals surface area contributed by atoms with E-state index in [-0.39, 0.29) is 0 Å². The van der Waals surface area contributed by atoms with Gasteiger partial charge >= 0.3 is 0 Å². The van der Waals surface area contributed by atoms with Gasteiger partial charge < -0.3 is 15.0 Å². The molecular formula is C13H28N2O. The fourth-order valence-electron chi connectivity index (χ4n) is 2.21. The molecule has 1 aliphatic rings. The quantitative estimate of drug-likeness (QED) is 0.610. The molecule has 1 aliphatic heterocycles. The van der Waals surface area contributed by atoms with E-state index in [9.17, 15) is 0 Å². The van der Waals surface area contributed by atoms with Crippen molar-refractivity contribution in [3.63, 3.8) is 0 Å². The lowest BCUT2D eigenvalue weighted by Crippen LogP contribution is -2.29. The highest BCUT2D eigenvalue weighted by molar-refractivity contribution is 4.68. The number of nitrogens with zero attached hydrogens (tertiary/aromatic N) is 1. The van der Waals surface area contributed by atoms with Gasteiger partial charge in [0.15, 0.2) is 0 Å². The number of hydrogen-bond donors (Lipinski definition) is 1. The molecule has 1 saturated heterocycles. The molecule has 1 heterocycles. The molecule has 0 radical (unpaired) electrons. The summed E-state index contributed by atoms with van der Waals surface area (Å²) >= 11 is 0. The van der Waals surface area contributed by atoms with Crippen LogP contribution in [0.5, 0.6) is 0 Å². The van der Waals surface area contributed by atoms with Crippen molar-refractivity contribution in [2.75, 3.05) is 39.8 Å². The van der Waals surface area contributed by atoms with Crippen molar-refractivity contribution in [3.05, 3.63) is 0 Å². The van der Waals surface area contributed by atoms with Crippen LogP contribution in [0.4, 0.5) is 0 Å². The highest BCUT2D eigenvalue weighted by atomic mass is 16.5. The van der Waals surface area contributed by atoms with E-state index in [1.807, 2.05) is 0 Å². The molecule has 1 rings (SSSR count). The monoisotopic (exact) mass is 228 g/mol. The lowest BCUT2D eigenvalue weighted by Gasteiger charge is -2.20. The zero-order valence-corrected chi connectivity index (χ0v) is 11.0. The van der Waals surface area contributed by atoms with Gasteiger partial charge in [-0.2, -0.15) is 0 Å². The van der Waals surface area contributed by atoms with Crippen LogP contribution in [0.1, 0.15) is 39.0 Å². The second-order valence-electron chi connectivity index (χ2n) is 4.81. The van der Waals surface area contributed by atoms with Crippen molar-refractivity contribution in [2.24, 2.45) is 0 Å². The van der Waals surface area contributed by atoms with E-state index >= 15 is 0 Å². The van der Waals surface area contributed by atoms with Gasteiger partial charge in [-0.15, -0.1) is 0 Å². The van der Waals surface area contributed by atoms with E-state index in [4.69, 9.17) is 4.74 Å². The Morgan fingerprint density at radius 2 is 2.19 bits per heavy atom. The van der Waals surface area contributed by atoms with E-state index in [2.05, 4.69) is 24.2 Å². The average molecular weight is 228 g/mol. The third-order valence-corrected chi connectivity index (χ3v) is 3.18. The molecule has 1 fully saturated rings. The Morgan fingerprint density at radius 3 is 2.88 bits per heavy atom. The molecule has 0 aromatic carbocycles. The Labute approximate surface area is 101 Å². The van der Waals surface area contributed by atoms with Crippen LogP contribution in [0, 0.1) is 0 Å². The summed E-state index contributed by atoms with van der Waals surface area (Å²) in [5, 5.41) is 3.36. The van der Waals surface area contributed by atoms with Crippen molar-refractivity contribution >= 4 is 0 Å². The van der Waals surface area contributed by atoms with Crippen LogP contribution in [0.2, 0.25) is 0 Å². The van der Waals surface area contributed by atoms with Crippen molar-refractivity contribution in [1.82, 2.24) is 10.2 Å². The van der Waals surface area contributed by atoms with Crippen LogP contribution in [-0.2, 0) is 4.74 Å². The molecule has 3 nitrogen and oxygen atoms in total. The van der Waals surface area contributed by atoms with Crippen LogP contribution in [0.25, 0.3) is 0 Å². The van der Waals surface area contributed by atoms with Gasteiger partial charge in [0.1, 0.15) is 0 Å². The van der Waals surface area contributed by atoms with Gasteiger partial charge in [0.2, 0.25) is 0 Å². The normalized spacial score (nSPS) is 20.8. The maximum absolute atomic E-state index is 5.63. The lowest BCUT2D eigenvalue weighted by atomic mass is 10.2. The largest absolute Gasteiger partial charge is 0.377 e. The summed E-state index contributed by atoms with van der Waals surface area (Å²) in [4.78, 5) is 2.42. The number of nitrogens with one attached hydrogen (secondary N) is 1. The van der Waals surface area contributed by atoms with Crippen LogP contribution in [-0.4, -0.2) is 50.8 Å². The second-order valence-corrected chi connectivity index (χ2v) is 4.81. The first-order chi connectivity index (χ1) is 7.83. The summed E-state index contributed by atoms with van der Waals surface area (Å²) in [5.74, 6) is 0. The Hall–Kier alpha value is -0.120. The third kappa shape index (κ3) is 6.46. The predicted octanol–water partition coefficient (Wildman–Crippen LogP) is 1.88. The first kappa shape index (κ1) is 13.9. The standard InChI is InChI=1S/C13H28N2O/c1-3-14-9-5-4-6-10-15(2)12-13-8-7-11-16-13/h13-14H,3-12H2,1-2H3. The molecule has 0 spiro atoms. The van der Waals surface area contributed by atoms with Crippen molar-refractivity contribution in [3.8, 4) is 0 Å². The highest BCUT2D eigenvalue weighted by Gasteiger charge is 2.16. The number of unbranched alkanes of at least 4 members (excludes halogenated alkanes) is 2. The molecule has 16 heavy (non-hydrogen) atoms. The van der Waals surface area contributed by atoms with Gasteiger partial charge in [0, 0.05) is 13.2 Å². The summed E-state index contributed by atoms with van der Waals surface area (Å²) in [6.45, 7) is 7.74. The molecule has 3 heteroatoms. The lowest BCUT2D eigenvalue weighted by molar-refractivity contribution is 0.0807. The number of hydrogen-bond acceptors (Lipinski definition) is 3. The van der Waals surface area contributed by atoms with Crippen LogP contribution in [0.15, 0.2) is 0 Å². The molecule has 96 valence electrons. The Balaban J connectivity index is 1.87. The fraction of sp³-hybridized carbons (Fsp3) is 1.00. The Bertz CT molecular complexity index is 158. The van der Waals surface area contributed by atoms with Gasteiger partial charge in [-0.3, -0.25) is 0 Å². The molecular weight excluding hydrogens is 200 g/mol. The summed E-state index contributed by atoms with van der Waals surface area (Å²) in [7, 11) is 2.21. The van der Waals surface area contributed by atoms with Gasteiger partial charge in [-0.1, -0.05) is 13.3 Å². The van der Waals surface area contributed by atoms with E-state index in [0.717, 1.165) is 19.7 Å². The molecule has 0 aliphatic carbocycles. The first-order valence-corrected chi connectivity index (χ1v) is 6.83. The minimum atomic E-state index is 0.506. The summed E-state index contributed by atoms with van der Waals surface area (Å²) in [6, 6.07) is 0.